The number of nitrogens with one attached hydrogen (secondary N) is 3. The number of aryl methyl sites for hydroxylation is 1. The van der Waals surface area contributed by atoms with Crippen molar-refractivity contribution in [2.45, 2.75) is 70.1 Å². The molecule has 2 aliphatic rings. The van der Waals surface area contributed by atoms with Crippen LogP contribution >= 0.6 is 0 Å². The number of imidazole rings is 3. The van der Waals surface area contributed by atoms with E-state index in [1.807, 2.05) is 47.1 Å². The Balaban J connectivity index is 0.925. The average Bonchev–Trinajstić information content (AvgIpc) is 4.16. The van der Waals surface area contributed by atoms with Crippen molar-refractivity contribution in [1.29, 1.82) is 0 Å². The Morgan fingerprint density at radius 3 is 1.77 bits per heavy atom. The average molecular weight is 823 g/mol. The Bertz CT molecular complexity index is 2420. The minimum absolute atomic E-state index is 0.100. The molecular formula is C47H54N10O4. The zero-order valence-electron chi connectivity index (χ0n) is 35.3. The standard InChI is InChI=1S/C47H54N10O4/c1-5-55(6-2)42(35-12-8-7-9-13-35)46(59)57-25-11-15-41(57)44-50-29-39(52-44)34-22-18-32(19-23-34)31-16-20-33(21-17-31)38-28-49-43(51-38)40-14-10-24-56(40)45(58)37(53-47(60)61-4)26-36-27-48-30-54(36)3/h7-9,12-13,16-23,27-30,37,40-42H,5-6,10-11,14-15,24-26H2,1-4H3,(H,49,51)(H,50,52)(H,53,60)/t37-,40-,41-,42+/m0/s1. The molecule has 0 spiro atoms. The van der Waals surface area contributed by atoms with E-state index in [9.17, 15) is 14.4 Å². The van der Waals surface area contributed by atoms with Gasteiger partial charge in [0.15, 0.2) is 0 Å². The first-order valence-electron chi connectivity index (χ1n) is 21.3. The Morgan fingerprint density at radius 1 is 0.754 bits per heavy atom. The third-order valence-electron chi connectivity index (χ3n) is 12.3. The van der Waals surface area contributed by atoms with Gasteiger partial charge < -0.3 is 34.4 Å². The van der Waals surface area contributed by atoms with E-state index in [0.29, 0.717) is 18.9 Å². The molecule has 2 aliphatic heterocycles. The lowest BCUT2D eigenvalue weighted by Gasteiger charge is -2.34. The van der Waals surface area contributed by atoms with E-state index < -0.39 is 12.1 Å². The fraction of sp³-hybridized carbons (Fsp3) is 0.362. The summed E-state index contributed by atoms with van der Waals surface area (Å²) in [5.74, 6) is 1.47. The van der Waals surface area contributed by atoms with Crippen LogP contribution in [0.15, 0.2) is 104 Å². The van der Waals surface area contributed by atoms with Crippen molar-refractivity contribution in [3.63, 3.8) is 0 Å². The number of hydrogen-bond acceptors (Lipinski definition) is 8. The van der Waals surface area contributed by atoms with E-state index in [-0.39, 0.29) is 36.4 Å². The molecule has 14 heteroatoms. The van der Waals surface area contributed by atoms with Gasteiger partial charge in [-0.1, -0.05) is 92.7 Å². The highest BCUT2D eigenvalue weighted by atomic mass is 16.5. The molecule has 14 nitrogen and oxygen atoms in total. The molecule has 0 aliphatic carbocycles. The van der Waals surface area contributed by atoms with Crippen LogP contribution in [0.25, 0.3) is 33.6 Å². The van der Waals surface area contributed by atoms with Crippen LogP contribution in [-0.4, -0.2) is 101 Å². The van der Waals surface area contributed by atoms with E-state index in [4.69, 9.17) is 14.7 Å². The lowest BCUT2D eigenvalue weighted by molar-refractivity contribution is -0.138. The van der Waals surface area contributed by atoms with Crippen LogP contribution in [0.3, 0.4) is 0 Å². The molecule has 61 heavy (non-hydrogen) atoms. The van der Waals surface area contributed by atoms with Crippen LogP contribution in [0.1, 0.15) is 80.6 Å². The summed E-state index contributed by atoms with van der Waals surface area (Å²) in [4.78, 5) is 67.2. The minimum Gasteiger partial charge on any atom is -0.453 e. The van der Waals surface area contributed by atoms with Gasteiger partial charge >= 0.3 is 6.09 Å². The normalized spacial score (nSPS) is 17.5. The van der Waals surface area contributed by atoms with Gasteiger partial charge in [-0.15, -0.1) is 0 Å². The summed E-state index contributed by atoms with van der Waals surface area (Å²) < 4.78 is 6.68. The highest BCUT2D eigenvalue weighted by molar-refractivity contribution is 5.86. The number of carbonyl (C=O) groups excluding carboxylic acids is 3. The lowest BCUT2D eigenvalue weighted by Crippen LogP contribution is -2.49. The van der Waals surface area contributed by atoms with Crippen LogP contribution in [0.4, 0.5) is 4.79 Å². The Kier molecular flexibility index (Phi) is 12.4. The van der Waals surface area contributed by atoms with Crippen molar-refractivity contribution in [3.8, 4) is 33.6 Å². The summed E-state index contributed by atoms with van der Waals surface area (Å²) in [6, 6.07) is 25.4. The van der Waals surface area contributed by atoms with Crippen LogP contribution < -0.4 is 5.32 Å². The SMILES string of the molecule is CCN(CC)[C@@H](C(=O)N1CCC[C@H]1c1ncc(-c2ccc(-c3ccc(-c4cnc([C@@H]5CCCN5C(=O)[C@H](Cc5cncn5C)NC(=O)OC)[nH]4)cc3)cc2)[nH]1)c1ccccc1. The van der Waals surface area contributed by atoms with E-state index in [1.165, 1.54) is 7.11 Å². The number of H-pyrrole nitrogens is 2. The number of hydrogen-bond donors (Lipinski definition) is 3. The molecule has 6 aromatic rings. The van der Waals surface area contributed by atoms with Gasteiger partial charge in [-0.05, 0) is 66.6 Å². The van der Waals surface area contributed by atoms with Crippen molar-refractivity contribution in [2.75, 3.05) is 33.3 Å². The van der Waals surface area contributed by atoms with Gasteiger partial charge in [-0.2, -0.15) is 0 Å². The number of aromatic amines is 2. The number of alkyl carbamates (subject to hydrolysis) is 1. The molecule has 316 valence electrons. The summed E-state index contributed by atoms with van der Waals surface area (Å²) in [6.45, 7) is 7.07. The summed E-state index contributed by atoms with van der Waals surface area (Å²) in [5, 5.41) is 2.73. The Labute approximate surface area is 356 Å². The molecule has 2 fully saturated rings. The third-order valence-corrected chi connectivity index (χ3v) is 12.3. The quantitative estimate of drug-likeness (QED) is 0.104. The predicted molar refractivity (Wildman–Crippen MR) is 233 cm³/mol. The maximum atomic E-state index is 14.2. The fourth-order valence-corrected chi connectivity index (χ4v) is 8.90. The monoisotopic (exact) mass is 822 g/mol. The molecule has 3 aromatic heterocycles. The topological polar surface area (TPSA) is 157 Å². The van der Waals surface area contributed by atoms with Gasteiger partial charge in [0.05, 0.1) is 49.3 Å². The van der Waals surface area contributed by atoms with Crippen molar-refractivity contribution >= 4 is 17.9 Å². The first kappa shape index (κ1) is 41.2. The van der Waals surface area contributed by atoms with Crippen molar-refractivity contribution in [3.05, 3.63) is 127 Å². The number of benzene rings is 3. The maximum absolute atomic E-state index is 14.2. The first-order chi connectivity index (χ1) is 29.8. The van der Waals surface area contributed by atoms with E-state index in [0.717, 1.165) is 89.5 Å². The second-order valence-corrected chi connectivity index (χ2v) is 15.8. The Hall–Kier alpha value is -6.54. The number of likely N-dealkylation sites (N-methyl/N-ethyl adjacent to an activating group) is 1. The highest BCUT2D eigenvalue weighted by Gasteiger charge is 2.39. The zero-order chi connectivity index (χ0) is 42.5. The lowest BCUT2D eigenvalue weighted by atomic mass is 10.0. The fourth-order valence-electron chi connectivity index (χ4n) is 8.90. The van der Waals surface area contributed by atoms with Gasteiger partial charge in [0.1, 0.15) is 23.7 Å². The second-order valence-electron chi connectivity index (χ2n) is 15.8. The third kappa shape index (κ3) is 8.71. The number of methoxy groups -OCH3 is 1. The number of likely N-dealkylation sites (tertiary alicyclic amines) is 2. The molecule has 0 bridgehead atoms. The second kappa shape index (κ2) is 18.4. The smallest absolute Gasteiger partial charge is 0.407 e. The number of carbonyl (C=O) groups is 3. The van der Waals surface area contributed by atoms with Gasteiger partial charge in [0.2, 0.25) is 11.8 Å². The minimum atomic E-state index is -0.812. The molecule has 3 aromatic carbocycles. The molecule has 3 amide bonds. The van der Waals surface area contributed by atoms with Crippen LogP contribution in [0, 0.1) is 0 Å². The van der Waals surface area contributed by atoms with Crippen molar-refractivity contribution in [1.82, 2.24) is 49.5 Å². The molecule has 2 saturated heterocycles. The molecule has 3 N–H and O–H groups in total. The van der Waals surface area contributed by atoms with Crippen LogP contribution in [0.5, 0.6) is 0 Å². The van der Waals surface area contributed by atoms with Gasteiger partial charge in [-0.3, -0.25) is 14.5 Å². The summed E-state index contributed by atoms with van der Waals surface area (Å²) in [7, 11) is 3.14. The Morgan fingerprint density at radius 2 is 1.28 bits per heavy atom. The predicted octanol–water partition coefficient (Wildman–Crippen LogP) is 7.24. The molecule has 0 saturated carbocycles. The van der Waals surface area contributed by atoms with Gasteiger partial charge in [0.25, 0.3) is 0 Å². The highest BCUT2D eigenvalue weighted by Crippen LogP contribution is 2.37. The molecule has 0 unspecified atom stereocenters. The van der Waals surface area contributed by atoms with Gasteiger partial charge in [0, 0.05) is 38.4 Å². The molecule has 8 rings (SSSR count). The zero-order valence-corrected chi connectivity index (χ0v) is 35.3. The largest absolute Gasteiger partial charge is 0.453 e. The maximum Gasteiger partial charge on any atom is 0.407 e. The number of nitrogens with zero attached hydrogens (tertiary/aromatic N) is 7. The van der Waals surface area contributed by atoms with Crippen molar-refractivity contribution < 1.29 is 19.1 Å². The van der Waals surface area contributed by atoms with Crippen LogP contribution in [-0.2, 0) is 27.8 Å². The summed E-state index contributed by atoms with van der Waals surface area (Å²) in [5.41, 5.74) is 7.78. The van der Waals surface area contributed by atoms with Gasteiger partial charge in [-0.25, -0.2) is 19.7 Å². The molecule has 4 atom stereocenters. The number of amides is 3. The summed E-state index contributed by atoms with van der Waals surface area (Å²) >= 11 is 0. The number of rotatable bonds is 14. The molecular weight excluding hydrogens is 769 g/mol. The van der Waals surface area contributed by atoms with Crippen molar-refractivity contribution in [2.24, 2.45) is 7.05 Å². The number of ether oxygens (including phenoxy) is 1. The van der Waals surface area contributed by atoms with Crippen LogP contribution in [0.2, 0.25) is 0 Å². The molecule has 5 heterocycles. The first-order valence-corrected chi connectivity index (χ1v) is 21.3. The molecule has 0 radical (unpaired) electrons. The summed E-state index contributed by atoms with van der Waals surface area (Å²) in [6.07, 6.45) is 10.1. The van der Waals surface area contributed by atoms with E-state index >= 15 is 0 Å². The number of aromatic nitrogens is 6. The van der Waals surface area contributed by atoms with E-state index in [1.54, 1.807) is 17.4 Å². The van der Waals surface area contributed by atoms with E-state index in [2.05, 4.69) is 99.7 Å².